The fourth-order valence-electron chi connectivity index (χ4n) is 1.87. The van der Waals surface area contributed by atoms with Crippen LogP contribution < -0.4 is 15.2 Å². The summed E-state index contributed by atoms with van der Waals surface area (Å²) in [6.07, 6.45) is 1.53. The Hall–Kier alpha value is -1.89. The Labute approximate surface area is 131 Å². The third-order valence-corrected chi connectivity index (χ3v) is 4.51. The fourth-order valence-corrected chi connectivity index (χ4v) is 2.94. The van der Waals surface area contributed by atoms with Gasteiger partial charge in [0.05, 0.1) is 4.90 Å². The maximum atomic E-state index is 12.1. The Kier molecular flexibility index (Phi) is 5.94. The quantitative estimate of drug-likeness (QED) is 0.732. The van der Waals surface area contributed by atoms with Crippen molar-refractivity contribution >= 4 is 10.0 Å². The van der Waals surface area contributed by atoms with Crippen LogP contribution in [0, 0.1) is 0 Å². The SMILES string of the molecule is NCCCCNS(=O)(=O)c1ccc(Oc2ccccc2)cc1. The van der Waals surface area contributed by atoms with Crippen LogP contribution in [0.5, 0.6) is 11.5 Å². The van der Waals surface area contributed by atoms with E-state index in [1.165, 1.54) is 12.1 Å². The predicted molar refractivity (Wildman–Crippen MR) is 86.4 cm³/mol. The molecule has 118 valence electrons. The number of sulfonamides is 1. The number of hydrogen-bond donors (Lipinski definition) is 2. The van der Waals surface area contributed by atoms with E-state index < -0.39 is 10.0 Å². The van der Waals surface area contributed by atoms with E-state index in [9.17, 15) is 8.42 Å². The van der Waals surface area contributed by atoms with Crippen LogP contribution in [0.3, 0.4) is 0 Å². The molecule has 0 aromatic heterocycles. The standard InChI is InChI=1S/C16H20N2O3S/c17-12-4-5-13-18-22(19,20)16-10-8-15(9-11-16)21-14-6-2-1-3-7-14/h1-3,6-11,18H,4-5,12-13,17H2. The van der Waals surface area contributed by atoms with E-state index in [4.69, 9.17) is 10.5 Å². The van der Waals surface area contributed by atoms with Crippen LogP contribution in [0.1, 0.15) is 12.8 Å². The summed E-state index contributed by atoms with van der Waals surface area (Å²) < 4.78 is 32.3. The molecular weight excluding hydrogens is 300 g/mol. The third kappa shape index (κ3) is 4.84. The second-order valence-electron chi connectivity index (χ2n) is 4.78. The van der Waals surface area contributed by atoms with Crippen molar-refractivity contribution < 1.29 is 13.2 Å². The molecule has 0 spiro atoms. The second-order valence-corrected chi connectivity index (χ2v) is 6.55. The summed E-state index contributed by atoms with van der Waals surface area (Å²) in [7, 11) is -3.48. The predicted octanol–water partition coefficient (Wildman–Crippen LogP) is 2.50. The van der Waals surface area contributed by atoms with Gasteiger partial charge in [0.15, 0.2) is 0 Å². The number of hydrogen-bond acceptors (Lipinski definition) is 4. The molecule has 2 aromatic rings. The summed E-state index contributed by atoms with van der Waals surface area (Å²) in [5.74, 6) is 1.30. The number of rotatable bonds is 8. The second kappa shape index (κ2) is 7.93. The van der Waals surface area contributed by atoms with Gasteiger partial charge in [0.1, 0.15) is 11.5 Å². The van der Waals surface area contributed by atoms with Crippen LogP contribution in [-0.2, 0) is 10.0 Å². The Morgan fingerprint density at radius 3 is 2.18 bits per heavy atom. The first-order chi connectivity index (χ1) is 10.6. The average molecular weight is 320 g/mol. The molecular formula is C16H20N2O3S. The summed E-state index contributed by atoms with van der Waals surface area (Å²) in [6.45, 7) is 0.953. The molecule has 0 aliphatic carbocycles. The minimum absolute atomic E-state index is 0.223. The molecule has 0 heterocycles. The van der Waals surface area contributed by atoms with Crippen molar-refractivity contribution in [3.63, 3.8) is 0 Å². The lowest BCUT2D eigenvalue weighted by atomic mass is 10.3. The van der Waals surface area contributed by atoms with Gasteiger partial charge in [-0.25, -0.2) is 13.1 Å². The van der Waals surface area contributed by atoms with Crippen LogP contribution in [0.4, 0.5) is 0 Å². The molecule has 0 saturated carbocycles. The van der Waals surface area contributed by atoms with E-state index in [1.807, 2.05) is 30.3 Å². The molecule has 22 heavy (non-hydrogen) atoms. The monoisotopic (exact) mass is 320 g/mol. The largest absolute Gasteiger partial charge is 0.457 e. The Bertz CT molecular complexity index is 670. The van der Waals surface area contributed by atoms with Crippen molar-refractivity contribution in [3.05, 3.63) is 54.6 Å². The number of ether oxygens (including phenoxy) is 1. The van der Waals surface area contributed by atoms with E-state index in [2.05, 4.69) is 4.72 Å². The molecule has 0 fully saturated rings. The van der Waals surface area contributed by atoms with Crippen molar-refractivity contribution in [1.29, 1.82) is 0 Å². The van der Waals surface area contributed by atoms with Crippen LogP contribution in [-0.4, -0.2) is 21.5 Å². The third-order valence-electron chi connectivity index (χ3n) is 3.04. The van der Waals surface area contributed by atoms with Gasteiger partial charge in [0, 0.05) is 6.54 Å². The average Bonchev–Trinajstić information content (AvgIpc) is 2.53. The summed E-state index contributed by atoms with van der Waals surface area (Å²) in [5, 5.41) is 0. The van der Waals surface area contributed by atoms with Gasteiger partial charge in [0.2, 0.25) is 10.0 Å². The number of unbranched alkanes of at least 4 members (excludes halogenated alkanes) is 1. The summed E-state index contributed by atoms with van der Waals surface area (Å²) >= 11 is 0. The molecule has 5 nitrogen and oxygen atoms in total. The van der Waals surface area contributed by atoms with Gasteiger partial charge in [0.25, 0.3) is 0 Å². The smallest absolute Gasteiger partial charge is 0.240 e. The number of nitrogens with two attached hydrogens (primary N) is 1. The summed E-state index contributed by atoms with van der Waals surface area (Å²) in [6, 6.07) is 15.7. The number of benzene rings is 2. The molecule has 2 aromatic carbocycles. The number of para-hydroxylation sites is 1. The topological polar surface area (TPSA) is 81.4 Å². The van der Waals surface area contributed by atoms with Gasteiger partial charge >= 0.3 is 0 Å². The molecule has 0 saturated heterocycles. The van der Waals surface area contributed by atoms with Crippen LogP contribution in [0.2, 0.25) is 0 Å². The molecule has 0 atom stereocenters. The Balaban J connectivity index is 1.99. The maximum absolute atomic E-state index is 12.1. The zero-order valence-corrected chi connectivity index (χ0v) is 13.1. The van der Waals surface area contributed by atoms with Gasteiger partial charge in [-0.1, -0.05) is 18.2 Å². The Morgan fingerprint density at radius 2 is 1.55 bits per heavy atom. The van der Waals surface area contributed by atoms with Crippen molar-refractivity contribution in [3.8, 4) is 11.5 Å². The molecule has 0 aliphatic heterocycles. The lowest BCUT2D eigenvalue weighted by Gasteiger charge is -2.08. The van der Waals surface area contributed by atoms with Crippen molar-refractivity contribution in [2.24, 2.45) is 5.73 Å². The van der Waals surface area contributed by atoms with Gasteiger partial charge in [-0.05, 0) is 55.8 Å². The van der Waals surface area contributed by atoms with Gasteiger partial charge in [-0.3, -0.25) is 0 Å². The van der Waals surface area contributed by atoms with E-state index in [-0.39, 0.29) is 4.90 Å². The zero-order chi connectivity index (χ0) is 15.8. The summed E-state index contributed by atoms with van der Waals surface area (Å²) in [5.41, 5.74) is 5.38. The summed E-state index contributed by atoms with van der Waals surface area (Å²) in [4.78, 5) is 0.223. The first-order valence-electron chi connectivity index (χ1n) is 7.14. The first-order valence-corrected chi connectivity index (χ1v) is 8.63. The molecule has 2 rings (SSSR count). The van der Waals surface area contributed by atoms with E-state index in [0.29, 0.717) is 24.6 Å². The molecule has 0 unspecified atom stereocenters. The van der Waals surface area contributed by atoms with E-state index in [1.54, 1.807) is 12.1 Å². The van der Waals surface area contributed by atoms with Crippen molar-refractivity contribution in [2.75, 3.05) is 13.1 Å². The highest BCUT2D eigenvalue weighted by Crippen LogP contribution is 2.22. The highest BCUT2D eigenvalue weighted by atomic mass is 32.2. The minimum Gasteiger partial charge on any atom is -0.457 e. The van der Waals surface area contributed by atoms with Crippen molar-refractivity contribution in [1.82, 2.24) is 4.72 Å². The molecule has 0 radical (unpaired) electrons. The van der Waals surface area contributed by atoms with Crippen LogP contribution >= 0.6 is 0 Å². The Morgan fingerprint density at radius 1 is 0.909 bits per heavy atom. The molecule has 0 bridgehead atoms. The maximum Gasteiger partial charge on any atom is 0.240 e. The molecule has 0 aliphatic rings. The van der Waals surface area contributed by atoms with E-state index in [0.717, 1.165) is 12.8 Å². The van der Waals surface area contributed by atoms with Crippen molar-refractivity contribution in [2.45, 2.75) is 17.7 Å². The molecule has 0 amide bonds. The molecule has 3 N–H and O–H groups in total. The minimum atomic E-state index is -3.48. The van der Waals surface area contributed by atoms with E-state index >= 15 is 0 Å². The normalized spacial score (nSPS) is 11.3. The lowest BCUT2D eigenvalue weighted by molar-refractivity contribution is 0.482. The van der Waals surface area contributed by atoms with Crippen LogP contribution in [0.15, 0.2) is 59.5 Å². The van der Waals surface area contributed by atoms with Gasteiger partial charge in [-0.2, -0.15) is 0 Å². The molecule has 6 heteroatoms. The highest BCUT2D eigenvalue weighted by molar-refractivity contribution is 7.89. The fraction of sp³-hybridized carbons (Fsp3) is 0.250. The zero-order valence-electron chi connectivity index (χ0n) is 12.2. The highest BCUT2D eigenvalue weighted by Gasteiger charge is 2.13. The number of nitrogens with one attached hydrogen (secondary N) is 1. The lowest BCUT2D eigenvalue weighted by Crippen LogP contribution is -2.25. The van der Waals surface area contributed by atoms with Gasteiger partial charge in [-0.15, -0.1) is 0 Å². The van der Waals surface area contributed by atoms with Gasteiger partial charge < -0.3 is 10.5 Å². The first kappa shape index (κ1) is 16.5. The van der Waals surface area contributed by atoms with Crippen LogP contribution in [0.25, 0.3) is 0 Å².